The Morgan fingerprint density at radius 3 is 2.52 bits per heavy atom. The van der Waals surface area contributed by atoms with Crippen molar-refractivity contribution in [3.8, 4) is 28.7 Å². The summed E-state index contributed by atoms with van der Waals surface area (Å²) in [6.45, 7) is 2.20. The number of imidazole rings is 1. The van der Waals surface area contributed by atoms with E-state index in [0.717, 1.165) is 16.7 Å². The summed E-state index contributed by atoms with van der Waals surface area (Å²) in [7, 11) is 0. The van der Waals surface area contributed by atoms with Crippen molar-refractivity contribution in [2.24, 2.45) is 0 Å². The zero-order valence-electron chi connectivity index (χ0n) is 18.1. The van der Waals surface area contributed by atoms with Crippen LogP contribution in [0, 0.1) is 11.8 Å². The highest BCUT2D eigenvalue weighted by Gasteiger charge is 2.22. The molecule has 1 amide bonds. The van der Waals surface area contributed by atoms with Gasteiger partial charge in [-0.15, -0.1) is 0 Å². The Bertz CT molecular complexity index is 1140. The van der Waals surface area contributed by atoms with Gasteiger partial charge >= 0.3 is 6.09 Å². The summed E-state index contributed by atoms with van der Waals surface area (Å²) in [6, 6.07) is 15.0. The van der Waals surface area contributed by atoms with Gasteiger partial charge in [0.25, 0.3) is 0 Å². The highest BCUT2D eigenvalue weighted by atomic mass is 16.6. The lowest BCUT2D eigenvalue weighted by Crippen LogP contribution is -2.21. The molecule has 8 nitrogen and oxygen atoms in total. The van der Waals surface area contributed by atoms with Crippen LogP contribution in [0.5, 0.6) is 5.75 Å². The van der Waals surface area contributed by atoms with Crippen molar-refractivity contribution in [3.63, 3.8) is 0 Å². The largest absolute Gasteiger partial charge is 0.490 e. The van der Waals surface area contributed by atoms with Crippen LogP contribution in [0.1, 0.15) is 30.5 Å². The van der Waals surface area contributed by atoms with Crippen molar-refractivity contribution in [3.05, 3.63) is 72.3 Å². The maximum atomic E-state index is 11.1. The van der Waals surface area contributed by atoms with Crippen LogP contribution in [0.25, 0.3) is 11.1 Å². The summed E-state index contributed by atoms with van der Waals surface area (Å²) < 4.78 is 12.4. The molecule has 2 heterocycles. The van der Waals surface area contributed by atoms with E-state index in [9.17, 15) is 15.0 Å². The molecule has 0 saturated carbocycles. The summed E-state index contributed by atoms with van der Waals surface area (Å²) in [4.78, 5) is 15.2. The molecule has 170 valence electrons. The van der Waals surface area contributed by atoms with Crippen LogP contribution in [-0.2, 0) is 4.74 Å². The molecule has 1 aliphatic rings. The first-order chi connectivity index (χ1) is 16.0. The van der Waals surface area contributed by atoms with E-state index in [1.165, 1.54) is 0 Å². The lowest BCUT2D eigenvalue weighted by atomic mass is 10.0. The first kappa shape index (κ1) is 22.4. The van der Waals surface area contributed by atoms with E-state index in [1.54, 1.807) is 23.9 Å². The van der Waals surface area contributed by atoms with Gasteiger partial charge in [-0.05, 0) is 42.3 Å². The Hall–Kier alpha value is -3.80. The minimum atomic E-state index is -0.746. The first-order valence-corrected chi connectivity index (χ1v) is 10.6. The molecule has 2 aromatic carbocycles. The number of nitrogens with zero attached hydrogens (tertiary/aromatic N) is 2. The van der Waals surface area contributed by atoms with Crippen molar-refractivity contribution in [2.75, 3.05) is 19.8 Å². The molecule has 0 unspecified atom stereocenters. The van der Waals surface area contributed by atoms with Gasteiger partial charge in [0.15, 0.2) is 6.10 Å². The summed E-state index contributed by atoms with van der Waals surface area (Å²) in [5, 5.41) is 22.2. The van der Waals surface area contributed by atoms with Crippen molar-refractivity contribution in [2.45, 2.75) is 25.2 Å². The van der Waals surface area contributed by atoms with Gasteiger partial charge in [-0.1, -0.05) is 36.1 Å². The third kappa shape index (κ3) is 5.52. The maximum Gasteiger partial charge on any atom is 0.407 e. The molecule has 3 aromatic rings. The Morgan fingerprint density at radius 2 is 1.91 bits per heavy atom. The quantitative estimate of drug-likeness (QED) is 0.481. The molecule has 0 spiro atoms. The average Bonchev–Trinajstić information content (AvgIpc) is 3.48. The molecule has 0 bridgehead atoms. The predicted octanol–water partition coefficient (Wildman–Crippen LogP) is 2.68. The molecule has 0 aliphatic carbocycles. The lowest BCUT2D eigenvalue weighted by Gasteiger charge is -2.14. The minimum absolute atomic E-state index is 0.185. The number of carbonyl (C=O) groups is 1. The summed E-state index contributed by atoms with van der Waals surface area (Å²) in [5.41, 5.74) is 2.88. The van der Waals surface area contributed by atoms with Crippen molar-refractivity contribution in [1.82, 2.24) is 14.9 Å². The van der Waals surface area contributed by atoms with Gasteiger partial charge in [-0.3, -0.25) is 0 Å². The van der Waals surface area contributed by atoms with Gasteiger partial charge in [0.1, 0.15) is 30.3 Å². The fraction of sp³-hybridized carbons (Fsp3) is 0.280. The summed E-state index contributed by atoms with van der Waals surface area (Å²) in [5.74, 6) is 7.30. The van der Waals surface area contributed by atoms with E-state index in [0.29, 0.717) is 24.7 Å². The molecule has 4 rings (SSSR count). The number of carbonyl (C=O) groups excluding carboxylic acids is 1. The molecule has 1 fully saturated rings. The van der Waals surface area contributed by atoms with Gasteiger partial charge in [-0.25, -0.2) is 9.78 Å². The number of cyclic esters (lactones) is 1. The van der Waals surface area contributed by atoms with Crippen LogP contribution in [0.2, 0.25) is 0 Å². The standard InChI is InChI=1S/C25H25N3O5/c1-17(30)24-26-12-13-28(24)21(15-29)9-4-18-2-5-19(6-3-18)20-7-10-22(11-8-20)32-16-23-14-27-25(31)33-23/h2-3,5-8,10-13,17,21,23,29-30H,14-16H2,1H3,(H,27,31)/t17-,21-,23+/m0/s1. The summed E-state index contributed by atoms with van der Waals surface area (Å²) in [6.07, 6.45) is 1.85. The fourth-order valence-corrected chi connectivity index (χ4v) is 3.49. The Labute approximate surface area is 191 Å². The van der Waals surface area contributed by atoms with E-state index in [1.807, 2.05) is 48.5 Å². The van der Waals surface area contributed by atoms with Gasteiger partial charge in [-0.2, -0.15) is 0 Å². The third-order valence-corrected chi connectivity index (χ3v) is 5.22. The van der Waals surface area contributed by atoms with E-state index >= 15 is 0 Å². The molecular weight excluding hydrogens is 422 g/mol. The van der Waals surface area contributed by atoms with Crippen LogP contribution in [-0.4, -0.2) is 51.7 Å². The smallest absolute Gasteiger partial charge is 0.407 e. The third-order valence-electron chi connectivity index (χ3n) is 5.22. The normalized spacial score (nSPS) is 16.8. The van der Waals surface area contributed by atoms with Crippen LogP contribution >= 0.6 is 0 Å². The fourth-order valence-electron chi connectivity index (χ4n) is 3.49. The molecular formula is C25H25N3O5. The number of rotatable bonds is 7. The highest BCUT2D eigenvalue weighted by molar-refractivity contribution is 5.69. The number of aliphatic hydroxyl groups is 2. The van der Waals surface area contributed by atoms with Gasteiger partial charge in [0, 0.05) is 18.0 Å². The SMILES string of the molecule is C[C@H](O)c1nccn1[C@@H](C#Cc1ccc(-c2ccc(OC[C@H]3CNC(=O)O3)cc2)cc1)CO. The summed E-state index contributed by atoms with van der Waals surface area (Å²) >= 11 is 0. The highest BCUT2D eigenvalue weighted by Crippen LogP contribution is 2.23. The van der Waals surface area contributed by atoms with Gasteiger partial charge < -0.3 is 29.6 Å². The molecule has 1 saturated heterocycles. The second-order valence-corrected chi connectivity index (χ2v) is 7.66. The molecule has 33 heavy (non-hydrogen) atoms. The average molecular weight is 447 g/mol. The number of hydrogen-bond donors (Lipinski definition) is 3. The number of aliphatic hydroxyl groups excluding tert-OH is 2. The number of amides is 1. The Morgan fingerprint density at radius 1 is 1.21 bits per heavy atom. The van der Waals surface area contributed by atoms with Crippen molar-refractivity contribution in [1.29, 1.82) is 0 Å². The number of hydrogen-bond acceptors (Lipinski definition) is 6. The van der Waals surface area contributed by atoms with Gasteiger partial charge in [0.2, 0.25) is 0 Å². The van der Waals surface area contributed by atoms with Crippen molar-refractivity contribution >= 4 is 6.09 Å². The molecule has 0 radical (unpaired) electrons. The van der Waals surface area contributed by atoms with E-state index in [2.05, 4.69) is 22.1 Å². The Kier molecular flexibility index (Phi) is 6.93. The monoisotopic (exact) mass is 447 g/mol. The minimum Gasteiger partial charge on any atom is -0.490 e. The van der Waals surface area contributed by atoms with E-state index < -0.39 is 18.2 Å². The second kappa shape index (κ2) is 10.2. The van der Waals surface area contributed by atoms with Crippen LogP contribution in [0.15, 0.2) is 60.9 Å². The van der Waals surface area contributed by atoms with E-state index in [-0.39, 0.29) is 12.7 Å². The molecule has 8 heteroatoms. The molecule has 3 atom stereocenters. The van der Waals surface area contributed by atoms with Crippen LogP contribution < -0.4 is 10.1 Å². The Balaban J connectivity index is 1.39. The predicted molar refractivity (Wildman–Crippen MR) is 122 cm³/mol. The first-order valence-electron chi connectivity index (χ1n) is 10.6. The van der Waals surface area contributed by atoms with Crippen molar-refractivity contribution < 1.29 is 24.5 Å². The second-order valence-electron chi connectivity index (χ2n) is 7.66. The molecule has 3 N–H and O–H groups in total. The van der Waals surface area contributed by atoms with Crippen LogP contribution in [0.3, 0.4) is 0 Å². The molecule has 1 aromatic heterocycles. The zero-order chi connectivity index (χ0) is 23.2. The number of aromatic nitrogens is 2. The van der Waals surface area contributed by atoms with Crippen LogP contribution in [0.4, 0.5) is 4.79 Å². The number of benzene rings is 2. The topological polar surface area (TPSA) is 106 Å². The van der Waals surface area contributed by atoms with Gasteiger partial charge in [0.05, 0.1) is 13.2 Å². The number of ether oxygens (including phenoxy) is 2. The molecule has 1 aliphatic heterocycles. The zero-order valence-corrected chi connectivity index (χ0v) is 18.1. The lowest BCUT2D eigenvalue weighted by molar-refractivity contribution is 0.105. The maximum absolute atomic E-state index is 11.1. The number of alkyl carbamates (subject to hydrolysis) is 1. The van der Waals surface area contributed by atoms with E-state index in [4.69, 9.17) is 9.47 Å². The number of nitrogens with one attached hydrogen (secondary N) is 1.